The number of nitrogens with zero attached hydrogens (tertiary/aromatic N) is 1. The third kappa shape index (κ3) is 5.82. The van der Waals surface area contributed by atoms with Gasteiger partial charge in [0.1, 0.15) is 42.9 Å². The molecule has 0 spiro atoms. The highest BCUT2D eigenvalue weighted by atomic mass is 16.9. The zero-order valence-electron chi connectivity index (χ0n) is 30.9. The first-order valence-corrected chi connectivity index (χ1v) is 18.8. The number of carbonyl (C=O) groups excluding carboxylic acids is 2. The summed E-state index contributed by atoms with van der Waals surface area (Å²) < 4.78 is 48.6. The molecule has 0 amide bonds. The van der Waals surface area contributed by atoms with Gasteiger partial charge in [0.15, 0.2) is 23.6 Å². The number of rotatable bonds is 7. The van der Waals surface area contributed by atoms with Crippen molar-refractivity contribution in [3.63, 3.8) is 0 Å². The molecule has 11 nitrogen and oxygen atoms in total. The molecule has 6 fully saturated rings. The second-order valence-corrected chi connectivity index (χ2v) is 17.6. The number of allylic oxidation sites excluding steroid dienone is 1. The maximum Gasteiger partial charge on any atom is 0.302 e. The lowest BCUT2D eigenvalue weighted by atomic mass is 9.47. The lowest BCUT2D eigenvalue weighted by Crippen LogP contribution is -2.56. The van der Waals surface area contributed by atoms with Crippen LogP contribution in [0, 0.1) is 34.5 Å². The van der Waals surface area contributed by atoms with E-state index in [2.05, 4.69) is 25.1 Å². The van der Waals surface area contributed by atoms with Crippen LogP contribution in [-0.4, -0.2) is 71.9 Å². The van der Waals surface area contributed by atoms with E-state index < -0.39 is 24.0 Å². The molecule has 1 aromatic rings. The van der Waals surface area contributed by atoms with E-state index in [0.29, 0.717) is 23.5 Å². The predicted octanol–water partition coefficient (Wildman–Crippen LogP) is 6.38. The number of hydrogen-bond acceptors (Lipinski definition) is 11. The van der Waals surface area contributed by atoms with Crippen molar-refractivity contribution in [1.82, 2.24) is 5.16 Å². The minimum Gasteiger partial charge on any atom is -0.462 e. The van der Waals surface area contributed by atoms with E-state index in [-0.39, 0.29) is 72.0 Å². The molecule has 3 saturated carbocycles. The average molecular weight is 698 g/mol. The van der Waals surface area contributed by atoms with Crippen LogP contribution in [0.15, 0.2) is 22.2 Å². The molecule has 0 N–H and O–H groups in total. The van der Waals surface area contributed by atoms with Gasteiger partial charge in [0.2, 0.25) is 0 Å². The van der Waals surface area contributed by atoms with E-state index in [0.717, 1.165) is 50.6 Å². The molecular formula is C39H55NO10. The second kappa shape index (κ2) is 12.2. The summed E-state index contributed by atoms with van der Waals surface area (Å²) in [4.78, 5) is 25.2. The summed E-state index contributed by atoms with van der Waals surface area (Å²) in [5.74, 6) is 0.512. The number of Topliss-reactive ketones (excluding diaryl/α,β-unsaturated/α-hetero) is 1. The van der Waals surface area contributed by atoms with Gasteiger partial charge in [-0.3, -0.25) is 9.59 Å². The van der Waals surface area contributed by atoms with Gasteiger partial charge in [0.25, 0.3) is 0 Å². The van der Waals surface area contributed by atoms with Crippen LogP contribution in [0.1, 0.15) is 118 Å². The number of fused-ring (bicyclic) bond motifs is 8. The Morgan fingerprint density at radius 1 is 0.920 bits per heavy atom. The Labute approximate surface area is 295 Å². The van der Waals surface area contributed by atoms with Gasteiger partial charge >= 0.3 is 5.97 Å². The molecule has 0 radical (unpaired) electrons. The molecule has 4 heterocycles. The van der Waals surface area contributed by atoms with Crippen molar-refractivity contribution in [2.45, 2.75) is 161 Å². The number of aromatic nitrogens is 1. The van der Waals surface area contributed by atoms with Gasteiger partial charge in [-0.05, 0) is 102 Å². The summed E-state index contributed by atoms with van der Waals surface area (Å²) in [5.41, 5.74) is 2.34. The van der Waals surface area contributed by atoms with Crippen molar-refractivity contribution < 1.29 is 47.3 Å². The fraction of sp³-hybridized carbons (Fsp3) is 0.821. The van der Waals surface area contributed by atoms with Gasteiger partial charge in [-0.15, -0.1) is 0 Å². The Bertz CT molecular complexity index is 1530. The zero-order valence-corrected chi connectivity index (χ0v) is 30.9. The summed E-state index contributed by atoms with van der Waals surface area (Å²) in [6, 6.07) is 1.99. The number of carbonyl (C=O) groups is 2. The molecule has 276 valence electrons. The monoisotopic (exact) mass is 697 g/mol. The smallest absolute Gasteiger partial charge is 0.302 e. The molecule has 3 aliphatic heterocycles. The molecule has 11 heteroatoms. The van der Waals surface area contributed by atoms with Crippen LogP contribution in [0.2, 0.25) is 0 Å². The fourth-order valence-electron chi connectivity index (χ4n) is 11.7. The maximum atomic E-state index is 13.5. The number of ether oxygens (including phenoxy) is 7. The lowest BCUT2D eigenvalue weighted by molar-refractivity contribution is -0.243. The van der Waals surface area contributed by atoms with Gasteiger partial charge in [-0.1, -0.05) is 30.7 Å². The minimum atomic E-state index is -0.782. The molecule has 7 aliphatic rings. The Morgan fingerprint density at radius 3 is 2.42 bits per heavy atom. The Hall–Kier alpha value is -2.15. The maximum absolute atomic E-state index is 13.5. The first-order valence-electron chi connectivity index (χ1n) is 18.8. The summed E-state index contributed by atoms with van der Waals surface area (Å²) in [5, 5.41) is 4.56. The third-order valence-electron chi connectivity index (χ3n) is 13.6. The average Bonchev–Trinajstić information content (AvgIpc) is 3.77. The van der Waals surface area contributed by atoms with Crippen molar-refractivity contribution in [1.29, 1.82) is 0 Å². The molecule has 8 rings (SSSR count). The Kier molecular flexibility index (Phi) is 8.52. The van der Waals surface area contributed by atoms with E-state index in [1.165, 1.54) is 12.5 Å². The van der Waals surface area contributed by atoms with Crippen LogP contribution in [-0.2, 0) is 49.4 Å². The second-order valence-electron chi connectivity index (χ2n) is 17.6. The van der Waals surface area contributed by atoms with Crippen LogP contribution < -0.4 is 0 Å². The van der Waals surface area contributed by atoms with E-state index in [1.54, 1.807) is 6.92 Å². The van der Waals surface area contributed by atoms with Crippen LogP contribution in [0.25, 0.3) is 0 Å². The van der Waals surface area contributed by atoms with Crippen molar-refractivity contribution in [3.05, 3.63) is 29.2 Å². The normalized spacial score (nSPS) is 45.4. The number of hydrogen-bond donors (Lipinski definition) is 0. The predicted molar refractivity (Wildman–Crippen MR) is 178 cm³/mol. The standard InChI is InChI=1S/C39H55NO10/c1-20(41)31-26(17-28-25-10-9-22-15-23(44-21(2)42)11-13-38(22,7)27(25)12-14-39(28,31)8)29-16-24(50-40-29)18-43-19-30-32-33(47-36(3,4)46-32)34-35(45-30)49-37(5,6)48-34/h9,16,23,25-28,30-35H,10-15,17-19H2,1-8H3/t23-,25+,26-,27-,28-,30+,31-,32-,33-,34+,35+,38-,39-/m0/s1. The SMILES string of the molecule is CC(=O)O[C@H]1CC[C@@]2(C)C(=CC[C@H]3[C@@H]4C[C@@H](c5cc(COC[C@H]6O[C@@H]7OC(C)(C)O[C@@H]7[C@H]7OC(C)(C)O[C@H]76)on5)[C@H](C(C)=O)[C@@]4(C)CC[C@@H]32)C1. The highest BCUT2D eigenvalue weighted by Crippen LogP contribution is 2.69. The van der Waals surface area contributed by atoms with Crippen molar-refractivity contribution in [2.24, 2.45) is 34.5 Å². The molecule has 1 aromatic heterocycles. The number of esters is 1. The van der Waals surface area contributed by atoms with Gasteiger partial charge in [-0.2, -0.15) is 0 Å². The molecule has 0 aromatic carbocycles. The third-order valence-corrected chi connectivity index (χ3v) is 13.6. The molecule has 13 atom stereocenters. The van der Waals surface area contributed by atoms with Crippen LogP contribution in [0.3, 0.4) is 0 Å². The minimum absolute atomic E-state index is 0.00476. The largest absolute Gasteiger partial charge is 0.462 e. The van der Waals surface area contributed by atoms with Crippen molar-refractivity contribution in [3.8, 4) is 0 Å². The molecule has 4 aliphatic carbocycles. The fourth-order valence-corrected chi connectivity index (χ4v) is 11.7. The van der Waals surface area contributed by atoms with Crippen molar-refractivity contribution in [2.75, 3.05) is 6.61 Å². The highest BCUT2D eigenvalue weighted by molar-refractivity contribution is 5.81. The van der Waals surface area contributed by atoms with Gasteiger partial charge in [-0.25, -0.2) is 0 Å². The lowest BCUT2D eigenvalue weighted by Gasteiger charge is -2.58. The summed E-state index contributed by atoms with van der Waals surface area (Å²) in [7, 11) is 0. The molecule has 0 unspecified atom stereocenters. The molecular weight excluding hydrogens is 642 g/mol. The van der Waals surface area contributed by atoms with Gasteiger partial charge < -0.3 is 37.7 Å². The van der Waals surface area contributed by atoms with Gasteiger partial charge in [0, 0.05) is 31.2 Å². The molecule has 50 heavy (non-hydrogen) atoms. The van der Waals surface area contributed by atoms with E-state index in [1.807, 2.05) is 33.8 Å². The summed E-state index contributed by atoms with van der Waals surface area (Å²) in [6.07, 6.45) is 7.25. The molecule has 3 saturated heterocycles. The Balaban J connectivity index is 0.950. The van der Waals surface area contributed by atoms with Crippen LogP contribution in [0.5, 0.6) is 0 Å². The van der Waals surface area contributed by atoms with E-state index >= 15 is 0 Å². The first kappa shape index (κ1) is 34.9. The van der Waals surface area contributed by atoms with E-state index in [9.17, 15) is 9.59 Å². The first-order chi connectivity index (χ1) is 23.6. The topological polar surface area (TPSA) is 125 Å². The highest BCUT2D eigenvalue weighted by Gasteiger charge is 2.63. The van der Waals surface area contributed by atoms with Crippen LogP contribution >= 0.6 is 0 Å². The van der Waals surface area contributed by atoms with E-state index in [4.69, 9.17) is 37.7 Å². The van der Waals surface area contributed by atoms with Crippen LogP contribution in [0.4, 0.5) is 0 Å². The van der Waals surface area contributed by atoms with Gasteiger partial charge in [0.05, 0.1) is 12.3 Å². The molecule has 0 bridgehead atoms. The summed E-state index contributed by atoms with van der Waals surface area (Å²) in [6.45, 7) is 16.1. The quantitative estimate of drug-likeness (QED) is 0.233. The van der Waals surface area contributed by atoms with Crippen molar-refractivity contribution >= 4 is 11.8 Å². The Morgan fingerprint density at radius 2 is 1.66 bits per heavy atom. The number of ketones is 1. The zero-order chi connectivity index (χ0) is 35.4. The summed E-state index contributed by atoms with van der Waals surface area (Å²) >= 11 is 0.